The Balaban J connectivity index is 1.94. The Morgan fingerprint density at radius 1 is 1.57 bits per heavy atom. The molecule has 2 heterocycles. The van der Waals surface area contributed by atoms with Gasteiger partial charge >= 0.3 is 0 Å². The first-order chi connectivity index (χ1) is 10.0. The first kappa shape index (κ1) is 15.5. The Morgan fingerprint density at radius 2 is 2.33 bits per heavy atom. The molecule has 1 saturated heterocycles. The molecular weight excluding hydrogens is 272 g/mol. The van der Waals surface area contributed by atoms with Crippen LogP contribution >= 0.6 is 0 Å². The summed E-state index contributed by atoms with van der Waals surface area (Å²) in [5.41, 5.74) is 0. The maximum atomic E-state index is 12.2. The number of likely N-dealkylation sites (tertiary alicyclic amines) is 1. The zero-order valence-electron chi connectivity index (χ0n) is 12.7. The van der Waals surface area contributed by atoms with Gasteiger partial charge in [0.05, 0.1) is 6.04 Å². The van der Waals surface area contributed by atoms with Gasteiger partial charge in [0.2, 0.25) is 5.91 Å². The lowest BCUT2D eigenvalue weighted by atomic mass is 10.3. The molecule has 0 unspecified atom stereocenters. The minimum absolute atomic E-state index is 0.0218. The van der Waals surface area contributed by atoms with Crippen molar-refractivity contribution in [3.63, 3.8) is 0 Å². The highest BCUT2D eigenvalue weighted by Gasteiger charge is 2.30. The van der Waals surface area contributed by atoms with Gasteiger partial charge in [0.15, 0.2) is 5.82 Å². The number of anilines is 1. The number of nitrogens with zero attached hydrogens (tertiary/aromatic N) is 3. The molecule has 0 radical (unpaired) electrons. The Kier molecular flexibility index (Phi) is 4.95. The van der Waals surface area contributed by atoms with E-state index in [4.69, 9.17) is 4.74 Å². The van der Waals surface area contributed by atoms with Crippen molar-refractivity contribution in [3.05, 3.63) is 12.3 Å². The van der Waals surface area contributed by atoms with E-state index in [0.29, 0.717) is 25.5 Å². The standard InChI is InChI=1S/C14H22N4O3/c1-4-21-10(2)14(20)17-7-5-12(9-17)18-8-6-13(16-18)15-11(3)19/h6,8,10,12H,4-5,7,9H2,1-3H3,(H,15,16,19)/t10-,12-/m1/s1. The van der Waals surface area contributed by atoms with Crippen molar-refractivity contribution in [2.24, 2.45) is 0 Å². The number of aromatic nitrogens is 2. The zero-order chi connectivity index (χ0) is 15.4. The summed E-state index contributed by atoms with van der Waals surface area (Å²) in [5.74, 6) is 0.414. The molecular formula is C14H22N4O3. The molecule has 116 valence electrons. The van der Waals surface area contributed by atoms with Crippen LogP contribution in [0.4, 0.5) is 5.82 Å². The highest BCUT2D eigenvalue weighted by Crippen LogP contribution is 2.22. The fraction of sp³-hybridized carbons (Fsp3) is 0.643. The molecule has 1 aliphatic heterocycles. The first-order valence-corrected chi connectivity index (χ1v) is 7.24. The lowest BCUT2D eigenvalue weighted by Gasteiger charge is -2.20. The van der Waals surface area contributed by atoms with E-state index in [0.717, 1.165) is 6.42 Å². The van der Waals surface area contributed by atoms with E-state index in [2.05, 4.69) is 10.4 Å². The Bertz CT molecular complexity index is 514. The number of nitrogens with one attached hydrogen (secondary N) is 1. The topological polar surface area (TPSA) is 76.5 Å². The molecule has 21 heavy (non-hydrogen) atoms. The number of hydrogen-bond donors (Lipinski definition) is 1. The summed E-state index contributed by atoms with van der Waals surface area (Å²) in [7, 11) is 0. The quantitative estimate of drug-likeness (QED) is 0.880. The van der Waals surface area contributed by atoms with Gasteiger partial charge in [-0.15, -0.1) is 0 Å². The SMILES string of the molecule is CCO[C@H](C)C(=O)N1CC[C@@H](n2ccc(NC(C)=O)n2)C1. The molecule has 1 aromatic heterocycles. The van der Waals surface area contributed by atoms with Crippen LogP contribution in [0.15, 0.2) is 12.3 Å². The van der Waals surface area contributed by atoms with Crippen LogP contribution in [0.3, 0.4) is 0 Å². The molecule has 7 heteroatoms. The lowest BCUT2D eigenvalue weighted by Crippen LogP contribution is -2.37. The van der Waals surface area contributed by atoms with E-state index >= 15 is 0 Å². The van der Waals surface area contributed by atoms with Crippen molar-refractivity contribution in [2.45, 2.75) is 39.3 Å². The van der Waals surface area contributed by atoms with Crippen LogP contribution in [0.25, 0.3) is 0 Å². The summed E-state index contributed by atoms with van der Waals surface area (Å²) in [6.45, 7) is 6.97. The summed E-state index contributed by atoms with van der Waals surface area (Å²) in [6, 6.07) is 1.90. The predicted octanol–water partition coefficient (Wildman–Crippen LogP) is 1.04. The molecule has 2 atom stereocenters. The summed E-state index contributed by atoms with van der Waals surface area (Å²) >= 11 is 0. The minimum atomic E-state index is -0.402. The van der Waals surface area contributed by atoms with Crippen molar-refractivity contribution in [1.82, 2.24) is 14.7 Å². The van der Waals surface area contributed by atoms with E-state index in [-0.39, 0.29) is 17.9 Å². The third-order valence-electron chi connectivity index (χ3n) is 3.53. The summed E-state index contributed by atoms with van der Waals surface area (Å²) in [6.07, 6.45) is 2.28. The average molecular weight is 294 g/mol. The molecule has 0 saturated carbocycles. The second kappa shape index (κ2) is 6.71. The van der Waals surface area contributed by atoms with Crippen molar-refractivity contribution >= 4 is 17.6 Å². The van der Waals surface area contributed by atoms with E-state index < -0.39 is 6.10 Å². The molecule has 0 bridgehead atoms. The summed E-state index contributed by atoms with van der Waals surface area (Å²) < 4.78 is 7.15. The van der Waals surface area contributed by atoms with Crippen molar-refractivity contribution in [3.8, 4) is 0 Å². The number of carbonyl (C=O) groups excluding carboxylic acids is 2. The average Bonchev–Trinajstić information content (AvgIpc) is 3.05. The number of rotatable bonds is 5. The van der Waals surface area contributed by atoms with E-state index in [1.807, 2.05) is 22.7 Å². The molecule has 1 aliphatic rings. The third kappa shape index (κ3) is 3.81. The fourth-order valence-electron chi connectivity index (χ4n) is 2.52. The number of ether oxygens (including phenoxy) is 1. The highest BCUT2D eigenvalue weighted by molar-refractivity contribution is 5.87. The molecule has 1 aromatic rings. The Morgan fingerprint density at radius 3 is 3.00 bits per heavy atom. The van der Waals surface area contributed by atoms with Crippen LogP contribution in [0.2, 0.25) is 0 Å². The van der Waals surface area contributed by atoms with Gasteiger partial charge in [-0.05, 0) is 20.3 Å². The highest BCUT2D eigenvalue weighted by atomic mass is 16.5. The molecule has 0 aromatic carbocycles. The smallest absolute Gasteiger partial charge is 0.251 e. The lowest BCUT2D eigenvalue weighted by molar-refractivity contribution is -0.141. The van der Waals surface area contributed by atoms with Gasteiger partial charge in [0, 0.05) is 38.9 Å². The summed E-state index contributed by atoms with van der Waals surface area (Å²) in [4.78, 5) is 25.0. The molecule has 0 aliphatic carbocycles. The van der Waals surface area contributed by atoms with Crippen LogP contribution in [0.5, 0.6) is 0 Å². The van der Waals surface area contributed by atoms with Gasteiger partial charge in [-0.3, -0.25) is 14.3 Å². The van der Waals surface area contributed by atoms with Crippen LogP contribution in [0, 0.1) is 0 Å². The van der Waals surface area contributed by atoms with E-state index in [9.17, 15) is 9.59 Å². The normalized spacial score (nSPS) is 19.6. The molecule has 1 fully saturated rings. The first-order valence-electron chi connectivity index (χ1n) is 7.24. The van der Waals surface area contributed by atoms with Crippen molar-refractivity contribution < 1.29 is 14.3 Å². The molecule has 7 nitrogen and oxygen atoms in total. The van der Waals surface area contributed by atoms with Gasteiger partial charge in [-0.1, -0.05) is 0 Å². The Labute approximate surface area is 124 Å². The van der Waals surface area contributed by atoms with Crippen molar-refractivity contribution in [2.75, 3.05) is 25.0 Å². The largest absolute Gasteiger partial charge is 0.369 e. The second-order valence-corrected chi connectivity index (χ2v) is 5.19. The van der Waals surface area contributed by atoms with E-state index in [1.54, 1.807) is 13.0 Å². The third-order valence-corrected chi connectivity index (χ3v) is 3.53. The van der Waals surface area contributed by atoms with Gasteiger partial charge in [0.1, 0.15) is 6.10 Å². The van der Waals surface area contributed by atoms with Crippen LogP contribution in [-0.2, 0) is 14.3 Å². The fourth-order valence-corrected chi connectivity index (χ4v) is 2.52. The zero-order valence-corrected chi connectivity index (χ0v) is 12.7. The molecule has 1 N–H and O–H groups in total. The van der Waals surface area contributed by atoms with Gasteiger partial charge < -0.3 is 15.0 Å². The van der Waals surface area contributed by atoms with Crippen LogP contribution in [0.1, 0.15) is 33.2 Å². The maximum Gasteiger partial charge on any atom is 0.251 e. The second-order valence-electron chi connectivity index (χ2n) is 5.19. The van der Waals surface area contributed by atoms with Crippen LogP contribution < -0.4 is 5.32 Å². The van der Waals surface area contributed by atoms with E-state index in [1.165, 1.54) is 6.92 Å². The van der Waals surface area contributed by atoms with Gasteiger partial charge in [0.25, 0.3) is 5.91 Å². The van der Waals surface area contributed by atoms with Gasteiger partial charge in [-0.2, -0.15) is 5.10 Å². The van der Waals surface area contributed by atoms with Gasteiger partial charge in [-0.25, -0.2) is 0 Å². The monoisotopic (exact) mass is 294 g/mol. The number of carbonyl (C=O) groups is 2. The molecule has 2 rings (SSSR count). The predicted molar refractivity (Wildman–Crippen MR) is 77.9 cm³/mol. The van der Waals surface area contributed by atoms with Crippen molar-refractivity contribution in [1.29, 1.82) is 0 Å². The Hall–Kier alpha value is -1.89. The summed E-state index contributed by atoms with van der Waals surface area (Å²) in [5, 5.41) is 6.97. The molecule has 2 amide bonds. The molecule has 0 spiro atoms. The van der Waals surface area contributed by atoms with Crippen LogP contribution in [-0.4, -0.2) is 52.3 Å². The maximum absolute atomic E-state index is 12.2. The number of amides is 2. The number of hydrogen-bond acceptors (Lipinski definition) is 4. The minimum Gasteiger partial charge on any atom is -0.369 e.